The number of nitrogens with zero attached hydrogens (tertiary/aromatic N) is 2. The molecule has 1 aromatic heterocycles. The van der Waals surface area contributed by atoms with E-state index in [9.17, 15) is 22.0 Å². The van der Waals surface area contributed by atoms with Crippen LogP contribution in [0.1, 0.15) is 66.4 Å². The lowest BCUT2D eigenvalue weighted by Crippen LogP contribution is -2.29. The normalized spacial score (nSPS) is 10.8. The standard InChI is InChI=1S/C28H36N4O3S.C7H6F2.C2H6/c1-3-8-23-9-6-10-24(21-23)22-29-17-7-19-31-28(33)25-12-14-27(15-13-25)36(34,35)32(2)20-16-26-11-4-5-18-30-26;1-5-2-6(8)4-7(9)3-5;1-2/h4-6,9-15,18,21,29H,3,7-8,16-17,19-20,22H2,1-2H3,(H,31,33);2-4H,1H3;1-2H3. The molecule has 254 valence electrons. The number of carbonyl (C=O) groups is 1. The molecular weight excluding hydrogens is 618 g/mol. The maximum atomic E-state index is 12.9. The molecule has 47 heavy (non-hydrogen) atoms. The second-order valence-electron chi connectivity index (χ2n) is 10.7. The van der Waals surface area contributed by atoms with E-state index < -0.39 is 21.7 Å². The molecule has 1 amide bonds. The molecule has 0 radical (unpaired) electrons. The number of halogens is 2. The predicted octanol–water partition coefficient (Wildman–Crippen LogP) is 7.11. The van der Waals surface area contributed by atoms with E-state index in [-0.39, 0.29) is 10.8 Å². The molecule has 4 aromatic rings. The van der Waals surface area contributed by atoms with Crippen LogP contribution in [-0.4, -0.2) is 50.3 Å². The fourth-order valence-corrected chi connectivity index (χ4v) is 5.69. The molecule has 10 heteroatoms. The van der Waals surface area contributed by atoms with Gasteiger partial charge >= 0.3 is 0 Å². The Kier molecular flexibility index (Phi) is 17.5. The van der Waals surface area contributed by atoms with Crippen molar-refractivity contribution in [3.05, 3.63) is 131 Å². The van der Waals surface area contributed by atoms with E-state index in [4.69, 9.17) is 0 Å². The molecule has 0 bridgehead atoms. The molecule has 0 saturated carbocycles. The van der Waals surface area contributed by atoms with Crippen molar-refractivity contribution in [2.24, 2.45) is 0 Å². The van der Waals surface area contributed by atoms with Crippen LogP contribution in [0.15, 0.2) is 96.0 Å². The fourth-order valence-electron chi connectivity index (χ4n) is 4.52. The summed E-state index contributed by atoms with van der Waals surface area (Å²) < 4.78 is 51.4. The van der Waals surface area contributed by atoms with Gasteiger partial charge < -0.3 is 10.6 Å². The van der Waals surface area contributed by atoms with Gasteiger partial charge in [0.15, 0.2) is 0 Å². The summed E-state index contributed by atoms with van der Waals surface area (Å²) in [5.41, 5.74) is 4.50. The van der Waals surface area contributed by atoms with E-state index >= 15 is 0 Å². The van der Waals surface area contributed by atoms with Crippen molar-refractivity contribution in [2.45, 2.75) is 64.8 Å². The first-order valence-corrected chi connectivity index (χ1v) is 17.5. The summed E-state index contributed by atoms with van der Waals surface area (Å²) in [6.07, 6.45) is 5.25. The van der Waals surface area contributed by atoms with E-state index in [1.807, 2.05) is 32.0 Å². The number of carbonyl (C=O) groups excluding carboxylic acids is 1. The molecule has 0 aliphatic heterocycles. The first kappa shape index (κ1) is 39.2. The molecule has 0 spiro atoms. The van der Waals surface area contributed by atoms with Gasteiger partial charge in [-0.3, -0.25) is 9.78 Å². The molecule has 0 unspecified atom stereocenters. The van der Waals surface area contributed by atoms with Crippen LogP contribution in [0.5, 0.6) is 0 Å². The van der Waals surface area contributed by atoms with Crippen LogP contribution >= 0.6 is 0 Å². The minimum Gasteiger partial charge on any atom is -0.352 e. The lowest BCUT2D eigenvalue weighted by molar-refractivity contribution is 0.0953. The molecule has 3 aromatic carbocycles. The highest BCUT2D eigenvalue weighted by atomic mass is 32.2. The topological polar surface area (TPSA) is 91.4 Å². The zero-order chi connectivity index (χ0) is 34.7. The maximum Gasteiger partial charge on any atom is 0.251 e. The zero-order valence-electron chi connectivity index (χ0n) is 28.1. The summed E-state index contributed by atoms with van der Waals surface area (Å²) in [6.45, 7) is 10.3. The Labute approximate surface area is 279 Å². The van der Waals surface area contributed by atoms with Gasteiger partial charge in [-0.05, 0) is 91.5 Å². The van der Waals surface area contributed by atoms with Crippen molar-refractivity contribution >= 4 is 15.9 Å². The van der Waals surface area contributed by atoms with Gasteiger partial charge in [0.1, 0.15) is 11.6 Å². The molecule has 0 saturated heterocycles. The minimum atomic E-state index is -3.64. The average molecular weight is 667 g/mol. The molecular formula is C37H48F2N4O3S. The van der Waals surface area contributed by atoms with Crippen LogP contribution in [0.3, 0.4) is 0 Å². The van der Waals surface area contributed by atoms with E-state index in [2.05, 4.69) is 46.8 Å². The van der Waals surface area contributed by atoms with E-state index in [0.717, 1.165) is 44.1 Å². The monoisotopic (exact) mass is 666 g/mol. The lowest BCUT2D eigenvalue weighted by Gasteiger charge is -2.17. The van der Waals surface area contributed by atoms with Gasteiger partial charge in [-0.1, -0.05) is 57.5 Å². The lowest BCUT2D eigenvalue weighted by atomic mass is 10.1. The number of amides is 1. The number of hydrogen-bond donors (Lipinski definition) is 2. The highest BCUT2D eigenvalue weighted by Crippen LogP contribution is 2.16. The quantitative estimate of drug-likeness (QED) is 0.140. The fraction of sp³-hybridized carbons (Fsp3) is 0.351. The average Bonchev–Trinajstić information content (AvgIpc) is 3.06. The van der Waals surface area contributed by atoms with Crippen molar-refractivity contribution in [3.63, 3.8) is 0 Å². The predicted molar refractivity (Wildman–Crippen MR) is 186 cm³/mol. The van der Waals surface area contributed by atoms with Crippen molar-refractivity contribution in [1.82, 2.24) is 19.9 Å². The summed E-state index contributed by atoms with van der Waals surface area (Å²) in [6, 6.07) is 23.7. The second kappa shape index (κ2) is 21.0. The number of aromatic nitrogens is 1. The van der Waals surface area contributed by atoms with Gasteiger partial charge in [-0.15, -0.1) is 0 Å². The summed E-state index contributed by atoms with van der Waals surface area (Å²) in [5.74, 6) is -1.25. The Morgan fingerprint density at radius 1 is 0.851 bits per heavy atom. The first-order valence-electron chi connectivity index (χ1n) is 16.0. The van der Waals surface area contributed by atoms with Gasteiger partial charge in [-0.2, -0.15) is 0 Å². The van der Waals surface area contributed by atoms with E-state index in [0.29, 0.717) is 30.6 Å². The summed E-state index contributed by atoms with van der Waals surface area (Å²) in [4.78, 5) is 16.8. The molecule has 4 rings (SSSR count). The Hall–Kier alpha value is -3.99. The van der Waals surface area contributed by atoms with Gasteiger partial charge in [-0.25, -0.2) is 21.5 Å². The van der Waals surface area contributed by atoms with Gasteiger partial charge in [0.25, 0.3) is 5.91 Å². The van der Waals surface area contributed by atoms with Crippen molar-refractivity contribution in [2.75, 3.05) is 26.7 Å². The number of benzene rings is 3. The number of hydrogen-bond acceptors (Lipinski definition) is 5. The zero-order valence-corrected chi connectivity index (χ0v) is 28.9. The molecule has 0 aliphatic carbocycles. The van der Waals surface area contributed by atoms with E-state index in [1.54, 1.807) is 32.3 Å². The Bertz CT molecular complexity index is 1550. The van der Waals surface area contributed by atoms with Crippen LogP contribution in [-0.2, 0) is 29.4 Å². The van der Waals surface area contributed by atoms with Crippen LogP contribution in [0, 0.1) is 18.6 Å². The maximum absolute atomic E-state index is 12.9. The Morgan fingerprint density at radius 2 is 1.53 bits per heavy atom. The Balaban J connectivity index is 0.000000594. The van der Waals surface area contributed by atoms with Crippen LogP contribution < -0.4 is 10.6 Å². The molecule has 0 aliphatic rings. The van der Waals surface area contributed by atoms with E-state index in [1.165, 1.54) is 39.7 Å². The van der Waals surface area contributed by atoms with Crippen LogP contribution in [0.25, 0.3) is 0 Å². The minimum absolute atomic E-state index is 0.162. The van der Waals surface area contributed by atoms with Gasteiger partial charge in [0.05, 0.1) is 4.90 Å². The molecule has 1 heterocycles. The number of sulfonamides is 1. The molecule has 0 atom stereocenters. The van der Waals surface area contributed by atoms with Gasteiger partial charge in [0, 0.05) is 56.6 Å². The van der Waals surface area contributed by atoms with Crippen molar-refractivity contribution in [3.8, 4) is 0 Å². The largest absolute Gasteiger partial charge is 0.352 e. The van der Waals surface area contributed by atoms with Gasteiger partial charge in [0.2, 0.25) is 10.0 Å². The highest BCUT2D eigenvalue weighted by Gasteiger charge is 2.21. The van der Waals surface area contributed by atoms with Crippen molar-refractivity contribution in [1.29, 1.82) is 0 Å². The SMILES string of the molecule is CC.CCCc1cccc(CNCCCNC(=O)c2ccc(S(=O)(=O)N(C)CCc3ccccn3)cc2)c1.Cc1cc(F)cc(F)c1. The highest BCUT2D eigenvalue weighted by molar-refractivity contribution is 7.89. The number of pyridine rings is 1. The summed E-state index contributed by atoms with van der Waals surface area (Å²) in [5, 5.41) is 6.31. The number of nitrogens with one attached hydrogen (secondary N) is 2. The first-order chi connectivity index (χ1) is 22.6. The number of rotatable bonds is 14. The molecule has 2 N–H and O–H groups in total. The van der Waals surface area contributed by atoms with Crippen LogP contribution in [0.4, 0.5) is 8.78 Å². The van der Waals surface area contributed by atoms with Crippen LogP contribution in [0.2, 0.25) is 0 Å². The number of aryl methyl sites for hydroxylation is 2. The third kappa shape index (κ3) is 14.1. The smallest absolute Gasteiger partial charge is 0.251 e. The number of likely N-dealkylation sites (N-methyl/N-ethyl adjacent to an activating group) is 1. The second-order valence-corrected chi connectivity index (χ2v) is 12.8. The molecule has 7 nitrogen and oxygen atoms in total. The molecule has 0 fully saturated rings. The summed E-state index contributed by atoms with van der Waals surface area (Å²) in [7, 11) is -2.09. The summed E-state index contributed by atoms with van der Waals surface area (Å²) >= 11 is 0. The van der Waals surface area contributed by atoms with Crippen molar-refractivity contribution < 1.29 is 22.0 Å². The Morgan fingerprint density at radius 3 is 2.15 bits per heavy atom. The third-order valence-electron chi connectivity index (χ3n) is 6.92. The third-order valence-corrected chi connectivity index (χ3v) is 8.79.